The van der Waals surface area contributed by atoms with Crippen molar-refractivity contribution in [1.29, 1.82) is 0 Å². The summed E-state index contributed by atoms with van der Waals surface area (Å²) in [6.45, 7) is 18.1. The van der Waals surface area contributed by atoms with Crippen molar-refractivity contribution in [3.8, 4) is 0 Å². The van der Waals surface area contributed by atoms with Gasteiger partial charge in [-0.05, 0) is 37.0 Å². The molecule has 2 fully saturated rings. The van der Waals surface area contributed by atoms with E-state index in [9.17, 15) is 0 Å². The fourth-order valence-electron chi connectivity index (χ4n) is 2.95. The molecule has 2 aliphatic rings. The van der Waals surface area contributed by atoms with Crippen LogP contribution >= 0.6 is 0 Å². The Labute approximate surface area is 140 Å². The summed E-state index contributed by atoms with van der Waals surface area (Å²) in [5.41, 5.74) is 4.33. The highest BCUT2D eigenvalue weighted by molar-refractivity contribution is 5.52. The Morgan fingerprint density at radius 1 is 1.35 bits per heavy atom. The van der Waals surface area contributed by atoms with Crippen molar-refractivity contribution in [2.75, 3.05) is 26.3 Å². The van der Waals surface area contributed by atoms with Gasteiger partial charge in [-0.1, -0.05) is 38.3 Å². The van der Waals surface area contributed by atoms with Gasteiger partial charge in [0.05, 0.1) is 13.2 Å². The average molecular weight is 315 g/mol. The molecule has 0 aromatic carbocycles. The van der Waals surface area contributed by atoms with Gasteiger partial charge in [0.1, 0.15) is 5.76 Å². The molecule has 23 heavy (non-hydrogen) atoms. The Hall–Kier alpha value is -1.58. The summed E-state index contributed by atoms with van der Waals surface area (Å²) in [7, 11) is 0. The van der Waals surface area contributed by atoms with Gasteiger partial charge in [-0.25, -0.2) is 0 Å². The first kappa shape index (κ1) is 17.8. The van der Waals surface area contributed by atoms with Crippen molar-refractivity contribution in [2.45, 2.75) is 39.8 Å². The summed E-state index contributed by atoms with van der Waals surface area (Å²) in [5, 5.41) is 0. The van der Waals surface area contributed by atoms with Gasteiger partial charge in [-0.3, -0.25) is 4.90 Å². The van der Waals surface area contributed by atoms with E-state index in [1.807, 2.05) is 6.92 Å². The van der Waals surface area contributed by atoms with Gasteiger partial charge < -0.3 is 9.47 Å². The average Bonchev–Trinajstić information content (AvgIpc) is 2.59. The number of rotatable bonds is 4. The number of morpholine rings is 1. The third-order valence-corrected chi connectivity index (χ3v) is 4.42. The number of allylic oxidation sites excluding steroid dienone is 6. The minimum Gasteiger partial charge on any atom is -0.474 e. The lowest BCUT2D eigenvalue weighted by Crippen LogP contribution is -2.46. The van der Waals surface area contributed by atoms with E-state index in [-0.39, 0.29) is 6.23 Å². The molecule has 0 saturated carbocycles. The standard InChI is InChI=1S/C20H29NO2/c1-6-8-9-15(3)17(5)20-18(7-2)16(4)14-19(23-20)21-10-12-22-13-11-21/h7-9,19H,3-4,6,10-14H2,1-2,5H3. The van der Waals surface area contributed by atoms with E-state index in [1.165, 1.54) is 0 Å². The Balaban J connectivity index is 2.27. The van der Waals surface area contributed by atoms with Crippen molar-refractivity contribution in [3.05, 3.63) is 59.4 Å². The van der Waals surface area contributed by atoms with E-state index in [4.69, 9.17) is 9.47 Å². The van der Waals surface area contributed by atoms with E-state index in [1.54, 1.807) is 0 Å². The Kier molecular flexibility index (Phi) is 6.43. The second-order valence-corrected chi connectivity index (χ2v) is 6.02. The van der Waals surface area contributed by atoms with Crippen molar-refractivity contribution >= 4 is 0 Å². The zero-order chi connectivity index (χ0) is 16.8. The lowest BCUT2D eigenvalue weighted by molar-refractivity contribution is -0.0753. The van der Waals surface area contributed by atoms with Crippen LogP contribution in [0.3, 0.4) is 0 Å². The van der Waals surface area contributed by atoms with Gasteiger partial charge in [0.2, 0.25) is 0 Å². The molecule has 0 amide bonds. The maximum Gasteiger partial charge on any atom is 0.156 e. The topological polar surface area (TPSA) is 21.7 Å². The smallest absolute Gasteiger partial charge is 0.156 e. The molecule has 1 unspecified atom stereocenters. The van der Waals surface area contributed by atoms with E-state index in [0.717, 1.165) is 67.2 Å². The highest BCUT2D eigenvalue weighted by Gasteiger charge is 2.31. The molecule has 0 aromatic rings. The van der Waals surface area contributed by atoms with Gasteiger partial charge in [0.15, 0.2) is 6.23 Å². The van der Waals surface area contributed by atoms with E-state index in [0.29, 0.717) is 0 Å². The van der Waals surface area contributed by atoms with Gasteiger partial charge in [-0.15, -0.1) is 0 Å². The molecule has 2 aliphatic heterocycles. The van der Waals surface area contributed by atoms with Crippen LogP contribution in [0.4, 0.5) is 0 Å². The normalized spacial score (nSPS) is 27.3. The molecular weight excluding hydrogens is 286 g/mol. The molecule has 0 N–H and O–H groups in total. The van der Waals surface area contributed by atoms with Gasteiger partial charge in [0, 0.05) is 25.1 Å². The van der Waals surface area contributed by atoms with Crippen molar-refractivity contribution < 1.29 is 9.47 Å². The maximum atomic E-state index is 6.39. The van der Waals surface area contributed by atoms with Crippen LogP contribution in [0.2, 0.25) is 0 Å². The Morgan fingerprint density at radius 3 is 2.65 bits per heavy atom. The van der Waals surface area contributed by atoms with Crippen LogP contribution in [0.5, 0.6) is 0 Å². The van der Waals surface area contributed by atoms with Crippen LogP contribution in [0.15, 0.2) is 59.4 Å². The van der Waals surface area contributed by atoms with Crippen molar-refractivity contribution in [2.24, 2.45) is 0 Å². The molecule has 2 heterocycles. The number of nitrogens with zero attached hydrogens (tertiary/aromatic N) is 1. The maximum absolute atomic E-state index is 6.39. The molecule has 3 heteroatoms. The molecule has 0 aromatic heterocycles. The third kappa shape index (κ3) is 4.24. The molecule has 0 radical (unpaired) electrons. The van der Waals surface area contributed by atoms with E-state index in [2.05, 4.69) is 50.1 Å². The SMILES string of the molecule is C=C(C=CCC)C(C)=C1OC(N2CCOCC2)CC(=C)C1=CC. The second-order valence-electron chi connectivity index (χ2n) is 6.02. The predicted molar refractivity (Wildman–Crippen MR) is 96.1 cm³/mol. The summed E-state index contributed by atoms with van der Waals surface area (Å²) in [4.78, 5) is 2.35. The fraction of sp³-hybridized carbons (Fsp3) is 0.500. The molecule has 1 atom stereocenters. The summed E-state index contributed by atoms with van der Waals surface area (Å²) in [5.74, 6) is 0.922. The minimum atomic E-state index is 0.0444. The van der Waals surface area contributed by atoms with Crippen LogP contribution in [-0.2, 0) is 9.47 Å². The number of hydrogen-bond donors (Lipinski definition) is 0. The Morgan fingerprint density at radius 2 is 2.04 bits per heavy atom. The summed E-state index contributed by atoms with van der Waals surface area (Å²) >= 11 is 0. The highest BCUT2D eigenvalue weighted by atomic mass is 16.5. The third-order valence-electron chi connectivity index (χ3n) is 4.42. The van der Waals surface area contributed by atoms with Crippen LogP contribution < -0.4 is 0 Å². The quantitative estimate of drug-likeness (QED) is 0.719. The lowest BCUT2D eigenvalue weighted by atomic mass is 9.93. The van der Waals surface area contributed by atoms with Gasteiger partial charge in [-0.2, -0.15) is 0 Å². The summed E-state index contributed by atoms with van der Waals surface area (Å²) in [6.07, 6.45) is 8.17. The molecule has 2 saturated heterocycles. The molecule has 126 valence electrons. The molecule has 2 rings (SSSR count). The van der Waals surface area contributed by atoms with Crippen LogP contribution in [0.25, 0.3) is 0 Å². The highest BCUT2D eigenvalue weighted by Crippen LogP contribution is 2.36. The zero-order valence-corrected chi connectivity index (χ0v) is 14.7. The van der Waals surface area contributed by atoms with Crippen molar-refractivity contribution in [3.63, 3.8) is 0 Å². The van der Waals surface area contributed by atoms with Crippen LogP contribution in [0, 0.1) is 0 Å². The second kappa shape index (κ2) is 8.32. The minimum absolute atomic E-state index is 0.0444. The summed E-state index contributed by atoms with van der Waals surface area (Å²) < 4.78 is 11.8. The van der Waals surface area contributed by atoms with Gasteiger partial charge >= 0.3 is 0 Å². The number of ether oxygens (including phenoxy) is 2. The first-order chi connectivity index (χ1) is 11.1. The van der Waals surface area contributed by atoms with E-state index >= 15 is 0 Å². The monoisotopic (exact) mass is 315 g/mol. The van der Waals surface area contributed by atoms with Gasteiger partial charge in [0.25, 0.3) is 0 Å². The molecule has 0 bridgehead atoms. The predicted octanol–water partition coefficient (Wildman–Crippen LogP) is 4.36. The summed E-state index contributed by atoms with van der Waals surface area (Å²) in [6, 6.07) is 0. The molecular formula is C20H29NO2. The molecule has 0 aliphatic carbocycles. The van der Waals surface area contributed by atoms with Crippen LogP contribution in [0.1, 0.15) is 33.6 Å². The fourth-order valence-corrected chi connectivity index (χ4v) is 2.95. The van der Waals surface area contributed by atoms with E-state index < -0.39 is 0 Å². The lowest BCUT2D eigenvalue weighted by Gasteiger charge is -2.39. The zero-order valence-electron chi connectivity index (χ0n) is 14.7. The van der Waals surface area contributed by atoms with Crippen molar-refractivity contribution in [1.82, 2.24) is 4.90 Å². The molecule has 3 nitrogen and oxygen atoms in total. The Bertz CT molecular complexity index is 548. The first-order valence-corrected chi connectivity index (χ1v) is 8.48. The molecule has 0 spiro atoms. The first-order valence-electron chi connectivity index (χ1n) is 8.48. The number of hydrogen-bond acceptors (Lipinski definition) is 3. The largest absolute Gasteiger partial charge is 0.474 e. The van der Waals surface area contributed by atoms with Crippen LogP contribution in [-0.4, -0.2) is 37.4 Å².